The molecule has 1 aromatic heterocycles. The van der Waals surface area contributed by atoms with Crippen LogP contribution in [0.15, 0.2) is 42.6 Å². The Morgan fingerprint density at radius 2 is 1.79 bits per heavy atom. The maximum Gasteiger partial charge on any atom is 0.0757 e. The highest BCUT2D eigenvalue weighted by Crippen LogP contribution is 2.23. The zero-order chi connectivity index (χ0) is 9.54. The molecular formula is C12H10N2. The van der Waals surface area contributed by atoms with E-state index in [1.54, 1.807) is 0 Å². The SMILES string of the molecule is Cn1ncc2ccc3ccccc3c21. The van der Waals surface area contributed by atoms with Gasteiger partial charge in [-0.3, -0.25) is 4.68 Å². The molecule has 0 saturated carbocycles. The van der Waals surface area contributed by atoms with Gasteiger partial charge in [0.25, 0.3) is 0 Å². The van der Waals surface area contributed by atoms with Crippen molar-refractivity contribution in [3.8, 4) is 0 Å². The van der Waals surface area contributed by atoms with Gasteiger partial charge in [-0.1, -0.05) is 36.4 Å². The summed E-state index contributed by atoms with van der Waals surface area (Å²) in [6.07, 6.45) is 1.90. The lowest BCUT2D eigenvalue weighted by Crippen LogP contribution is -1.89. The van der Waals surface area contributed by atoms with E-state index in [9.17, 15) is 0 Å². The third-order valence-electron chi connectivity index (χ3n) is 2.63. The van der Waals surface area contributed by atoms with Crippen LogP contribution in [-0.4, -0.2) is 9.78 Å². The average molecular weight is 182 g/mol. The lowest BCUT2D eigenvalue weighted by Gasteiger charge is -2.00. The second kappa shape index (κ2) is 2.58. The number of benzene rings is 2. The van der Waals surface area contributed by atoms with Crippen molar-refractivity contribution in [1.82, 2.24) is 9.78 Å². The fraction of sp³-hybridized carbons (Fsp3) is 0.0833. The van der Waals surface area contributed by atoms with Crippen molar-refractivity contribution >= 4 is 21.7 Å². The predicted molar refractivity (Wildman–Crippen MR) is 58.2 cm³/mol. The van der Waals surface area contributed by atoms with Gasteiger partial charge in [0, 0.05) is 17.8 Å². The molecular weight excluding hydrogens is 172 g/mol. The normalized spacial score (nSPS) is 11.2. The average Bonchev–Trinajstić information content (AvgIpc) is 2.61. The van der Waals surface area contributed by atoms with Gasteiger partial charge in [0.05, 0.1) is 11.7 Å². The third kappa shape index (κ3) is 0.880. The van der Waals surface area contributed by atoms with Crippen LogP contribution in [0.3, 0.4) is 0 Å². The number of nitrogens with zero attached hydrogens (tertiary/aromatic N) is 2. The molecule has 2 aromatic carbocycles. The van der Waals surface area contributed by atoms with Gasteiger partial charge < -0.3 is 0 Å². The zero-order valence-electron chi connectivity index (χ0n) is 7.94. The zero-order valence-corrected chi connectivity index (χ0v) is 7.94. The quantitative estimate of drug-likeness (QED) is 0.522. The molecule has 3 rings (SSSR count). The summed E-state index contributed by atoms with van der Waals surface area (Å²) in [4.78, 5) is 0. The van der Waals surface area contributed by atoms with E-state index in [-0.39, 0.29) is 0 Å². The molecule has 0 bridgehead atoms. The van der Waals surface area contributed by atoms with Crippen molar-refractivity contribution in [3.63, 3.8) is 0 Å². The van der Waals surface area contributed by atoms with Crippen LogP contribution in [0.5, 0.6) is 0 Å². The molecule has 2 heteroatoms. The number of rotatable bonds is 0. The monoisotopic (exact) mass is 182 g/mol. The van der Waals surface area contributed by atoms with Crippen molar-refractivity contribution < 1.29 is 0 Å². The van der Waals surface area contributed by atoms with E-state index < -0.39 is 0 Å². The number of aryl methyl sites for hydroxylation is 1. The van der Waals surface area contributed by atoms with Gasteiger partial charge in [-0.2, -0.15) is 5.10 Å². The lowest BCUT2D eigenvalue weighted by molar-refractivity contribution is 0.799. The van der Waals surface area contributed by atoms with Gasteiger partial charge in [0.15, 0.2) is 0 Å². The minimum atomic E-state index is 1.20. The molecule has 0 aliphatic heterocycles. The van der Waals surface area contributed by atoms with Crippen molar-refractivity contribution in [1.29, 1.82) is 0 Å². The maximum atomic E-state index is 4.26. The Kier molecular flexibility index (Phi) is 1.39. The molecule has 0 amide bonds. The van der Waals surface area contributed by atoms with Crippen LogP contribution in [-0.2, 0) is 7.05 Å². The Morgan fingerprint density at radius 1 is 1.00 bits per heavy atom. The largest absolute Gasteiger partial charge is 0.267 e. The van der Waals surface area contributed by atoms with E-state index in [1.807, 2.05) is 17.9 Å². The maximum absolute atomic E-state index is 4.26. The van der Waals surface area contributed by atoms with Crippen LogP contribution in [0.2, 0.25) is 0 Å². The van der Waals surface area contributed by atoms with Gasteiger partial charge in [0.1, 0.15) is 0 Å². The molecule has 1 heterocycles. The van der Waals surface area contributed by atoms with E-state index in [1.165, 1.54) is 21.7 Å². The Morgan fingerprint density at radius 3 is 2.71 bits per heavy atom. The number of hydrogen-bond donors (Lipinski definition) is 0. The van der Waals surface area contributed by atoms with Crippen LogP contribution in [0.1, 0.15) is 0 Å². The first-order valence-electron chi connectivity index (χ1n) is 4.66. The van der Waals surface area contributed by atoms with Crippen LogP contribution in [0.25, 0.3) is 21.7 Å². The highest BCUT2D eigenvalue weighted by Gasteiger charge is 2.03. The predicted octanol–water partition coefficient (Wildman–Crippen LogP) is 2.73. The van der Waals surface area contributed by atoms with E-state index in [0.717, 1.165) is 0 Å². The summed E-state index contributed by atoms with van der Waals surface area (Å²) in [6, 6.07) is 12.6. The minimum Gasteiger partial charge on any atom is -0.267 e. The van der Waals surface area contributed by atoms with Gasteiger partial charge in [-0.05, 0) is 5.39 Å². The Bertz CT molecular complexity index is 608. The molecule has 68 valence electrons. The molecule has 0 unspecified atom stereocenters. The van der Waals surface area contributed by atoms with E-state index in [4.69, 9.17) is 0 Å². The van der Waals surface area contributed by atoms with Gasteiger partial charge in [0.2, 0.25) is 0 Å². The molecule has 0 fully saturated rings. The second-order valence-electron chi connectivity index (χ2n) is 3.49. The van der Waals surface area contributed by atoms with E-state index in [0.29, 0.717) is 0 Å². The van der Waals surface area contributed by atoms with Crippen molar-refractivity contribution in [2.45, 2.75) is 0 Å². The molecule has 0 aliphatic carbocycles. The summed E-state index contributed by atoms with van der Waals surface area (Å²) < 4.78 is 1.93. The molecule has 0 spiro atoms. The summed E-state index contributed by atoms with van der Waals surface area (Å²) in [5.41, 5.74) is 1.21. The number of hydrogen-bond acceptors (Lipinski definition) is 1. The van der Waals surface area contributed by atoms with Crippen molar-refractivity contribution in [2.24, 2.45) is 7.05 Å². The molecule has 3 aromatic rings. The molecule has 0 aliphatic rings. The Hall–Kier alpha value is -1.83. The summed E-state index contributed by atoms with van der Waals surface area (Å²) in [5.74, 6) is 0. The van der Waals surface area contributed by atoms with Crippen LogP contribution in [0.4, 0.5) is 0 Å². The van der Waals surface area contributed by atoms with Crippen molar-refractivity contribution in [3.05, 3.63) is 42.6 Å². The summed E-state index contributed by atoms with van der Waals surface area (Å²) in [7, 11) is 1.98. The number of aromatic nitrogens is 2. The Labute approximate surface area is 81.8 Å². The smallest absolute Gasteiger partial charge is 0.0757 e. The van der Waals surface area contributed by atoms with Gasteiger partial charge >= 0.3 is 0 Å². The van der Waals surface area contributed by atoms with Gasteiger partial charge in [-0.15, -0.1) is 0 Å². The fourth-order valence-corrected chi connectivity index (χ4v) is 1.94. The first kappa shape index (κ1) is 7.56. The molecule has 0 N–H and O–H groups in total. The first-order valence-corrected chi connectivity index (χ1v) is 4.66. The molecule has 0 radical (unpaired) electrons. The first-order chi connectivity index (χ1) is 6.86. The van der Waals surface area contributed by atoms with Crippen LogP contribution < -0.4 is 0 Å². The molecule has 0 atom stereocenters. The fourth-order valence-electron chi connectivity index (χ4n) is 1.94. The Balaban J connectivity index is 2.65. The standard InChI is InChI=1S/C12H10N2/c1-14-12-10(8-13-14)7-6-9-4-2-3-5-11(9)12/h2-8H,1H3. The topological polar surface area (TPSA) is 17.8 Å². The summed E-state index contributed by atoms with van der Waals surface area (Å²) >= 11 is 0. The molecule has 14 heavy (non-hydrogen) atoms. The second-order valence-corrected chi connectivity index (χ2v) is 3.49. The van der Waals surface area contributed by atoms with E-state index >= 15 is 0 Å². The van der Waals surface area contributed by atoms with Crippen LogP contribution >= 0.6 is 0 Å². The lowest BCUT2D eigenvalue weighted by atomic mass is 10.1. The van der Waals surface area contributed by atoms with Crippen molar-refractivity contribution in [2.75, 3.05) is 0 Å². The highest BCUT2D eigenvalue weighted by atomic mass is 15.2. The third-order valence-corrected chi connectivity index (χ3v) is 2.63. The summed E-state index contributed by atoms with van der Waals surface area (Å²) in [6.45, 7) is 0. The van der Waals surface area contributed by atoms with Crippen LogP contribution in [0, 0.1) is 0 Å². The van der Waals surface area contributed by atoms with E-state index in [2.05, 4.69) is 41.5 Å². The highest BCUT2D eigenvalue weighted by molar-refractivity contribution is 6.05. The summed E-state index contributed by atoms with van der Waals surface area (Å²) in [5, 5.41) is 8.00. The minimum absolute atomic E-state index is 1.20. The molecule has 0 saturated heterocycles. The molecule has 2 nitrogen and oxygen atoms in total. The van der Waals surface area contributed by atoms with Gasteiger partial charge in [-0.25, -0.2) is 0 Å². The number of fused-ring (bicyclic) bond motifs is 3.